The Bertz CT molecular complexity index is 1210. The molecule has 1 aliphatic rings. The molecule has 3 aromatic rings. The number of methoxy groups -OCH3 is 1. The Morgan fingerprint density at radius 3 is 2.82 bits per heavy atom. The number of likely N-dealkylation sites (N-methyl/N-ethyl adjacent to an activating group) is 2. The number of nitrogens with zero attached hydrogens (tertiary/aromatic N) is 4. The van der Waals surface area contributed by atoms with Crippen LogP contribution in [0.15, 0.2) is 34.8 Å². The fourth-order valence-electron chi connectivity index (χ4n) is 3.55. The van der Waals surface area contributed by atoms with Gasteiger partial charge in [-0.3, -0.25) is 9.69 Å². The van der Waals surface area contributed by atoms with Crippen LogP contribution in [0.25, 0.3) is 10.9 Å². The van der Waals surface area contributed by atoms with Gasteiger partial charge in [0.15, 0.2) is 5.82 Å². The molecule has 33 heavy (non-hydrogen) atoms. The summed E-state index contributed by atoms with van der Waals surface area (Å²) >= 11 is 9.26. The molecular weight excluding hydrogens is 517 g/mol. The summed E-state index contributed by atoms with van der Waals surface area (Å²) in [6.45, 7) is 1.25. The van der Waals surface area contributed by atoms with E-state index >= 15 is 0 Å². The van der Waals surface area contributed by atoms with Crippen LogP contribution in [0.3, 0.4) is 0 Å². The van der Waals surface area contributed by atoms with Gasteiger partial charge in [-0.05, 0) is 53.3 Å². The Balaban J connectivity index is 1.67. The molecular formula is C22H22BrClFN5O3. The van der Waals surface area contributed by atoms with Crippen LogP contribution in [0.4, 0.5) is 15.9 Å². The van der Waals surface area contributed by atoms with Crippen LogP contribution >= 0.6 is 27.5 Å². The van der Waals surface area contributed by atoms with Crippen LogP contribution in [0.5, 0.6) is 11.8 Å². The standard InChI is InChI=1S/C22H22BrClFN5O3/c1-29-9-12(30(2)18(31)10-29)11-33-22-27-16-6-4-13(32-3)8-14(16)21(28-22)26-17-7-5-15(23)19(24)20(17)25/h4-8,12H,9-11H2,1-3H3,(H,26,27,28)/t12-/m0/s1. The van der Waals surface area contributed by atoms with Crippen molar-refractivity contribution in [2.75, 3.05) is 46.2 Å². The molecule has 174 valence electrons. The van der Waals surface area contributed by atoms with Gasteiger partial charge in [-0.25, -0.2) is 4.39 Å². The Morgan fingerprint density at radius 2 is 2.06 bits per heavy atom. The lowest BCUT2D eigenvalue weighted by Gasteiger charge is -2.36. The fraction of sp³-hybridized carbons (Fsp3) is 0.318. The van der Waals surface area contributed by atoms with Crippen molar-refractivity contribution in [3.05, 3.63) is 45.6 Å². The smallest absolute Gasteiger partial charge is 0.319 e. The minimum atomic E-state index is -0.617. The first-order chi connectivity index (χ1) is 15.8. The lowest BCUT2D eigenvalue weighted by Crippen LogP contribution is -2.55. The summed E-state index contributed by atoms with van der Waals surface area (Å²) in [5.74, 6) is 0.335. The van der Waals surface area contributed by atoms with E-state index in [2.05, 4.69) is 31.2 Å². The maximum Gasteiger partial charge on any atom is 0.319 e. The molecule has 1 saturated heterocycles. The molecule has 2 heterocycles. The molecule has 8 nitrogen and oxygen atoms in total. The Morgan fingerprint density at radius 1 is 1.27 bits per heavy atom. The third-order valence-electron chi connectivity index (χ3n) is 5.44. The van der Waals surface area contributed by atoms with Crippen LogP contribution in [0.1, 0.15) is 0 Å². The molecule has 0 radical (unpaired) electrons. The molecule has 0 unspecified atom stereocenters. The van der Waals surface area contributed by atoms with Crippen molar-refractivity contribution >= 4 is 55.8 Å². The molecule has 4 rings (SSSR count). The molecule has 0 spiro atoms. The van der Waals surface area contributed by atoms with E-state index in [0.717, 1.165) is 0 Å². The number of carbonyl (C=O) groups is 1. The number of ether oxygens (including phenoxy) is 2. The average molecular weight is 539 g/mol. The quantitative estimate of drug-likeness (QED) is 0.474. The summed E-state index contributed by atoms with van der Waals surface area (Å²) in [4.78, 5) is 24.7. The van der Waals surface area contributed by atoms with Gasteiger partial charge >= 0.3 is 6.01 Å². The number of anilines is 2. The van der Waals surface area contributed by atoms with Gasteiger partial charge in [0.1, 0.15) is 18.2 Å². The first-order valence-corrected chi connectivity index (χ1v) is 11.3. The molecule has 2 aromatic carbocycles. The Hall–Kier alpha value is -2.69. The third kappa shape index (κ3) is 4.97. The number of rotatable bonds is 6. The van der Waals surface area contributed by atoms with Crippen molar-refractivity contribution in [2.45, 2.75) is 6.04 Å². The van der Waals surface area contributed by atoms with E-state index in [1.165, 1.54) is 0 Å². The van der Waals surface area contributed by atoms with Crippen LogP contribution in [0, 0.1) is 5.82 Å². The van der Waals surface area contributed by atoms with Crippen molar-refractivity contribution in [3.8, 4) is 11.8 Å². The zero-order chi connectivity index (χ0) is 23.7. The van der Waals surface area contributed by atoms with Crippen molar-refractivity contribution < 1.29 is 18.7 Å². The molecule has 1 atom stereocenters. The summed E-state index contributed by atoms with van der Waals surface area (Å²) in [6, 6.07) is 8.44. The highest BCUT2D eigenvalue weighted by Gasteiger charge is 2.28. The van der Waals surface area contributed by atoms with Gasteiger partial charge in [-0.1, -0.05) is 11.6 Å². The van der Waals surface area contributed by atoms with Crippen molar-refractivity contribution in [1.29, 1.82) is 0 Å². The number of hydrogen-bond donors (Lipinski definition) is 1. The number of aromatic nitrogens is 2. The summed E-state index contributed by atoms with van der Waals surface area (Å²) < 4.78 is 26.4. The monoisotopic (exact) mass is 537 g/mol. The molecule has 1 amide bonds. The lowest BCUT2D eigenvalue weighted by molar-refractivity contribution is -0.138. The molecule has 0 aliphatic carbocycles. The third-order valence-corrected chi connectivity index (χ3v) is 6.70. The molecule has 0 bridgehead atoms. The highest BCUT2D eigenvalue weighted by Crippen LogP contribution is 2.34. The number of carbonyl (C=O) groups excluding carboxylic acids is 1. The molecule has 0 saturated carbocycles. The number of piperazine rings is 1. The maximum atomic E-state index is 14.7. The average Bonchev–Trinajstić information content (AvgIpc) is 2.80. The topological polar surface area (TPSA) is 79.8 Å². The Kier molecular flexibility index (Phi) is 6.87. The minimum absolute atomic E-state index is 0.0221. The van der Waals surface area contributed by atoms with Gasteiger partial charge < -0.3 is 19.7 Å². The highest BCUT2D eigenvalue weighted by molar-refractivity contribution is 9.10. The van der Waals surface area contributed by atoms with Gasteiger partial charge in [0.2, 0.25) is 5.91 Å². The van der Waals surface area contributed by atoms with Crippen LogP contribution < -0.4 is 14.8 Å². The van der Waals surface area contributed by atoms with E-state index in [0.29, 0.717) is 40.0 Å². The lowest BCUT2D eigenvalue weighted by atomic mass is 10.2. The molecule has 1 fully saturated rings. The second kappa shape index (κ2) is 9.66. The fourth-order valence-corrected chi connectivity index (χ4v) is 4.02. The van der Waals surface area contributed by atoms with E-state index in [4.69, 9.17) is 21.1 Å². The number of amides is 1. The zero-order valence-corrected chi connectivity index (χ0v) is 20.6. The number of hydrogen-bond acceptors (Lipinski definition) is 7. The zero-order valence-electron chi connectivity index (χ0n) is 18.2. The van der Waals surface area contributed by atoms with Crippen LogP contribution in [0.2, 0.25) is 5.02 Å². The van der Waals surface area contributed by atoms with Crippen LogP contribution in [-0.2, 0) is 4.79 Å². The van der Waals surface area contributed by atoms with Crippen molar-refractivity contribution in [3.63, 3.8) is 0 Å². The van der Waals surface area contributed by atoms with E-state index in [9.17, 15) is 9.18 Å². The van der Waals surface area contributed by atoms with Gasteiger partial charge in [0.25, 0.3) is 0 Å². The predicted molar refractivity (Wildman–Crippen MR) is 128 cm³/mol. The van der Waals surface area contributed by atoms with Gasteiger partial charge in [0, 0.05) is 23.5 Å². The predicted octanol–water partition coefficient (Wildman–Crippen LogP) is 4.09. The molecule has 1 N–H and O–H groups in total. The molecule has 11 heteroatoms. The second-order valence-corrected chi connectivity index (χ2v) is 8.98. The van der Waals surface area contributed by atoms with Gasteiger partial charge in [-0.15, -0.1) is 0 Å². The van der Waals surface area contributed by atoms with Gasteiger partial charge in [-0.2, -0.15) is 9.97 Å². The highest BCUT2D eigenvalue weighted by atomic mass is 79.9. The van der Waals surface area contributed by atoms with E-state index in [-0.39, 0.29) is 35.3 Å². The number of halogens is 3. The molecule has 1 aliphatic heterocycles. The minimum Gasteiger partial charge on any atom is -0.497 e. The SMILES string of the molecule is COc1ccc2nc(OC[C@@H]3CN(C)CC(=O)N3C)nc(Nc3ccc(Br)c(Cl)c3F)c2c1. The van der Waals surface area contributed by atoms with Crippen molar-refractivity contribution in [2.24, 2.45) is 0 Å². The van der Waals surface area contributed by atoms with E-state index < -0.39 is 5.82 Å². The van der Waals surface area contributed by atoms with Gasteiger partial charge in [0.05, 0.1) is 35.9 Å². The number of benzene rings is 2. The first kappa shape index (κ1) is 23.5. The second-order valence-electron chi connectivity index (χ2n) is 7.75. The summed E-state index contributed by atoms with van der Waals surface area (Å²) in [5.41, 5.74) is 0.730. The largest absolute Gasteiger partial charge is 0.497 e. The molecule has 1 aromatic heterocycles. The first-order valence-electron chi connectivity index (χ1n) is 10.1. The van der Waals surface area contributed by atoms with Crippen LogP contribution in [-0.4, -0.2) is 72.6 Å². The Labute approximate surface area is 203 Å². The number of fused-ring (bicyclic) bond motifs is 1. The number of nitrogens with one attached hydrogen (secondary N) is 1. The maximum absolute atomic E-state index is 14.7. The summed E-state index contributed by atoms with van der Waals surface area (Å²) in [7, 11) is 5.20. The van der Waals surface area contributed by atoms with Crippen molar-refractivity contribution in [1.82, 2.24) is 19.8 Å². The summed E-state index contributed by atoms with van der Waals surface area (Å²) in [5, 5.41) is 3.57. The van der Waals surface area contributed by atoms with E-state index in [1.807, 2.05) is 11.9 Å². The van der Waals surface area contributed by atoms with E-state index in [1.54, 1.807) is 49.4 Å². The summed E-state index contributed by atoms with van der Waals surface area (Å²) in [6.07, 6.45) is 0. The normalized spacial score (nSPS) is 16.8.